The number of rotatable bonds is 2. The van der Waals surface area contributed by atoms with Crippen LogP contribution in [-0.2, 0) is 0 Å². The molecule has 0 unspecified atom stereocenters. The van der Waals surface area contributed by atoms with Gasteiger partial charge in [-0.2, -0.15) is 0 Å². The Morgan fingerprint density at radius 2 is 1.40 bits per heavy atom. The molecule has 1 aliphatic carbocycles. The van der Waals surface area contributed by atoms with E-state index in [2.05, 4.69) is 12.1 Å². The first kappa shape index (κ1) is 14.5. The van der Waals surface area contributed by atoms with E-state index in [4.69, 9.17) is 5.73 Å². The SMILES string of the molecule is NC1CCCC1.O=Cc1ccc(-c2ccccc2)cc1. The van der Waals surface area contributed by atoms with Crippen LogP contribution in [-0.4, -0.2) is 12.3 Å². The Labute approximate surface area is 120 Å². The fraction of sp³-hybridized carbons (Fsp3) is 0.278. The van der Waals surface area contributed by atoms with Gasteiger partial charge in [-0.15, -0.1) is 0 Å². The first-order valence-corrected chi connectivity index (χ1v) is 7.16. The van der Waals surface area contributed by atoms with Gasteiger partial charge in [-0.25, -0.2) is 0 Å². The summed E-state index contributed by atoms with van der Waals surface area (Å²) in [5, 5.41) is 0. The van der Waals surface area contributed by atoms with Crippen molar-refractivity contribution in [3.05, 3.63) is 60.2 Å². The molecule has 0 spiro atoms. The maximum atomic E-state index is 10.5. The van der Waals surface area contributed by atoms with Crippen LogP contribution in [0.2, 0.25) is 0 Å². The number of carbonyl (C=O) groups excluding carboxylic acids is 1. The highest BCUT2D eigenvalue weighted by molar-refractivity contribution is 5.76. The Bertz CT molecular complexity index is 513. The fourth-order valence-corrected chi connectivity index (χ4v) is 2.34. The van der Waals surface area contributed by atoms with Gasteiger partial charge in [0.1, 0.15) is 6.29 Å². The fourth-order valence-electron chi connectivity index (χ4n) is 2.34. The zero-order valence-corrected chi connectivity index (χ0v) is 11.7. The third-order valence-electron chi connectivity index (χ3n) is 3.55. The molecule has 2 N–H and O–H groups in total. The molecule has 0 heterocycles. The molecule has 0 bridgehead atoms. The molecule has 2 aromatic rings. The van der Waals surface area contributed by atoms with E-state index in [9.17, 15) is 4.79 Å². The van der Waals surface area contributed by atoms with Gasteiger partial charge in [-0.1, -0.05) is 67.4 Å². The Balaban J connectivity index is 0.000000205. The molecule has 3 rings (SSSR count). The molecule has 2 nitrogen and oxygen atoms in total. The van der Waals surface area contributed by atoms with Crippen molar-refractivity contribution in [2.24, 2.45) is 5.73 Å². The molecule has 0 aliphatic heterocycles. The van der Waals surface area contributed by atoms with Crippen molar-refractivity contribution in [1.82, 2.24) is 0 Å². The highest BCUT2D eigenvalue weighted by Crippen LogP contribution is 2.18. The van der Waals surface area contributed by atoms with Gasteiger partial charge < -0.3 is 5.73 Å². The standard InChI is InChI=1S/C13H10O.C5H11N/c14-10-11-6-8-13(9-7-11)12-4-2-1-3-5-12;6-5-3-1-2-4-5/h1-10H;5H,1-4,6H2. The Hall–Kier alpha value is -1.93. The number of hydrogen-bond donors (Lipinski definition) is 1. The summed E-state index contributed by atoms with van der Waals surface area (Å²) < 4.78 is 0. The first-order chi connectivity index (χ1) is 9.79. The van der Waals surface area contributed by atoms with E-state index in [0.717, 1.165) is 11.8 Å². The van der Waals surface area contributed by atoms with Gasteiger partial charge in [0.15, 0.2) is 0 Å². The Morgan fingerprint density at radius 3 is 1.85 bits per heavy atom. The number of carbonyl (C=O) groups is 1. The molecule has 2 aromatic carbocycles. The van der Waals surface area contributed by atoms with Crippen molar-refractivity contribution < 1.29 is 4.79 Å². The van der Waals surface area contributed by atoms with E-state index in [1.165, 1.54) is 31.2 Å². The molecule has 0 radical (unpaired) electrons. The summed E-state index contributed by atoms with van der Waals surface area (Å²) in [6, 6.07) is 18.2. The summed E-state index contributed by atoms with van der Waals surface area (Å²) in [6.07, 6.45) is 6.11. The average molecular weight is 267 g/mol. The van der Waals surface area contributed by atoms with Gasteiger partial charge in [0.25, 0.3) is 0 Å². The lowest BCUT2D eigenvalue weighted by Crippen LogP contribution is -2.13. The number of nitrogens with two attached hydrogens (primary N) is 1. The molecule has 1 aliphatic rings. The summed E-state index contributed by atoms with van der Waals surface area (Å²) in [5.41, 5.74) is 8.55. The molecular weight excluding hydrogens is 246 g/mol. The molecule has 20 heavy (non-hydrogen) atoms. The van der Waals surface area contributed by atoms with Crippen molar-refractivity contribution in [3.63, 3.8) is 0 Å². The second-order valence-corrected chi connectivity index (χ2v) is 5.15. The van der Waals surface area contributed by atoms with E-state index >= 15 is 0 Å². The van der Waals surface area contributed by atoms with Crippen LogP contribution in [0.3, 0.4) is 0 Å². The summed E-state index contributed by atoms with van der Waals surface area (Å²) >= 11 is 0. The van der Waals surface area contributed by atoms with Crippen LogP contribution in [0.4, 0.5) is 0 Å². The normalized spacial score (nSPS) is 14.4. The highest BCUT2D eigenvalue weighted by Gasteiger charge is 2.07. The minimum Gasteiger partial charge on any atom is -0.328 e. The van der Waals surface area contributed by atoms with Gasteiger partial charge >= 0.3 is 0 Å². The largest absolute Gasteiger partial charge is 0.328 e. The van der Waals surface area contributed by atoms with Crippen LogP contribution in [0.1, 0.15) is 36.0 Å². The number of aldehydes is 1. The minimum absolute atomic E-state index is 0.546. The molecule has 2 heteroatoms. The van der Waals surface area contributed by atoms with Crippen molar-refractivity contribution in [2.75, 3.05) is 0 Å². The highest BCUT2D eigenvalue weighted by atomic mass is 16.1. The van der Waals surface area contributed by atoms with Crippen LogP contribution in [0.15, 0.2) is 54.6 Å². The van der Waals surface area contributed by atoms with E-state index in [0.29, 0.717) is 11.6 Å². The van der Waals surface area contributed by atoms with Crippen molar-refractivity contribution in [3.8, 4) is 11.1 Å². The van der Waals surface area contributed by atoms with E-state index in [-0.39, 0.29) is 0 Å². The number of hydrogen-bond acceptors (Lipinski definition) is 2. The van der Waals surface area contributed by atoms with Gasteiger partial charge in [0, 0.05) is 11.6 Å². The van der Waals surface area contributed by atoms with Crippen LogP contribution in [0.5, 0.6) is 0 Å². The summed E-state index contributed by atoms with van der Waals surface area (Å²) in [5.74, 6) is 0. The lowest BCUT2D eigenvalue weighted by atomic mass is 10.0. The van der Waals surface area contributed by atoms with Crippen molar-refractivity contribution >= 4 is 6.29 Å². The summed E-state index contributed by atoms with van der Waals surface area (Å²) in [4.78, 5) is 10.5. The Kier molecular flexibility index (Phi) is 5.51. The lowest BCUT2D eigenvalue weighted by molar-refractivity contribution is 0.112. The molecule has 1 fully saturated rings. The zero-order chi connectivity index (χ0) is 14.2. The smallest absolute Gasteiger partial charge is 0.150 e. The van der Waals surface area contributed by atoms with Crippen LogP contribution in [0.25, 0.3) is 11.1 Å². The molecule has 0 atom stereocenters. The average Bonchev–Trinajstić information content (AvgIpc) is 3.00. The van der Waals surface area contributed by atoms with Gasteiger partial charge in [-0.3, -0.25) is 4.79 Å². The zero-order valence-electron chi connectivity index (χ0n) is 11.7. The maximum Gasteiger partial charge on any atom is 0.150 e. The quantitative estimate of drug-likeness (QED) is 0.834. The first-order valence-electron chi connectivity index (χ1n) is 7.16. The van der Waals surface area contributed by atoms with Gasteiger partial charge in [0.05, 0.1) is 0 Å². The topological polar surface area (TPSA) is 43.1 Å². The second-order valence-electron chi connectivity index (χ2n) is 5.15. The van der Waals surface area contributed by atoms with Crippen LogP contribution >= 0.6 is 0 Å². The monoisotopic (exact) mass is 267 g/mol. The van der Waals surface area contributed by atoms with Crippen LogP contribution in [0, 0.1) is 0 Å². The predicted molar refractivity (Wildman–Crippen MR) is 83.7 cm³/mol. The van der Waals surface area contributed by atoms with Gasteiger partial charge in [-0.05, 0) is 24.0 Å². The predicted octanol–water partition coefficient (Wildman–Crippen LogP) is 4.05. The van der Waals surface area contributed by atoms with E-state index in [1.807, 2.05) is 42.5 Å². The van der Waals surface area contributed by atoms with E-state index < -0.39 is 0 Å². The molecule has 0 saturated heterocycles. The number of benzene rings is 2. The van der Waals surface area contributed by atoms with Crippen LogP contribution < -0.4 is 5.73 Å². The lowest BCUT2D eigenvalue weighted by Gasteiger charge is -2.00. The Morgan fingerprint density at radius 1 is 0.850 bits per heavy atom. The molecule has 104 valence electrons. The summed E-state index contributed by atoms with van der Waals surface area (Å²) in [6.45, 7) is 0. The third kappa shape index (κ3) is 4.32. The van der Waals surface area contributed by atoms with Crippen molar-refractivity contribution in [1.29, 1.82) is 0 Å². The summed E-state index contributed by atoms with van der Waals surface area (Å²) in [7, 11) is 0. The molecule has 1 saturated carbocycles. The molecule has 0 aromatic heterocycles. The second kappa shape index (κ2) is 7.61. The third-order valence-corrected chi connectivity index (χ3v) is 3.55. The minimum atomic E-state index is 0.546. The van der Waals surface area contributed by atoms with Gasteiger partial charge in [0.2, 0.25) is 0 Å². The van der Waals surface area contributed by atoms with E-state index in [1.54, 1.807) is 0 Å². The molecule has 0 amide bonds. The maximum absolute atomic E-state index is 10.5. The van der Waals surface area contributed by atoms with Crippen molar-refractivity contribution in [2.45, 2.75) is 31.7 Å². The molecular formula is C18H21NO.